The number of aryl methyl sites for hydroxylation is 1. The van der Waals surface area contributed by atoms with E-state index in [4.69, 9.17) is 4.99 Å². The zero-order chi connectivity index (χ0) is 17.9. The van der Waals surface area contributed by atoms with Gasteiger partial charge in [-0.1, -0.05) is 40.0 Å². The first kappa shape index (κ1) is 23.2. The highest BCUT2D eigenvalue weighted by Gasteiger charge is 2.13. The summed E-state index contributed by atoms with van der Waals surface area (Å²) < 4.78 is 2.11. The lowest BCUT2D eigenvalue weighted by Gasteiger charge is -2.20. The summed E-state index contributed by atoms with van der Waals surface area (Å²) in [5.41, 5.74) is 0. The van der Waals surface area contributed by atoms with Gasteiger partial charge in [-0.3, -0.25) is 4.99 Å². The van der Waals surface area contributed by atoms with Gasteiger partial charge in [-0.2, -0.15) is 0 Å². The highest BCUT2D eigenvalue weighted by Crippen LogP contribution is 2.23. The molecule has 1 aliphatic carbocycles. The van der Waals surface area contributed by atoms with Gasteiger partial charge in [0.2, 0.25) is 0 Å². The Balaban J connectivity index is 0.00000338. The van der Waals surface area contributed by atoms with Gasteiger partial charge in [0, 0.05) is 32.6 Å². The molecule has 2 N–H and O–H groups in total. The van der Waals surface area contributed by atoms with Crippen LogP contribution in [-0.4, -0.2) is 40.4 Å². The number of rotatable bonds is 9. The fraction of sp³-hybridized carbons (Fsp3) is 0.842. The topological polar surface area (TPSA) is 67.1 Å². The van der Waals surface area contributed by atoms with Crippen molar-refractivity contribution in [3.05, 3.63) is 12.2 Å². The number of hydrogen-bond acceptors (Lipinski definition) is 3. The predicted molar refractivity (Wildman–Crippen MR) is 119 cm³/mol. The van der Waals surface area contributed by atoms with Crippen LogP contribution in [0.25, 0.3) is 0 Å². The van der Waals surface area contributed by atoms with Crippen LogP contribution in [0.2, 0.25) is 0 Å². The Labute approximate surface area is 176 Å². The van der Waals surface area contributed by atoms with Crippen LogP contribution in [-0.2, 0) is 13.0 Å². The smallest absolute Gasteiger partial charge is 0.191 e. The van der Waals surface area contributed by atoms with Crippen LogP contribution in [0.5, 0.6) is 0 Å². The van der Waals surface area contributed by atoms with E-state index in [1.807, 2.05) is 6.33 Å². The largest absolute Gasteiger partial charge is 0.356 e. The molecule has 6 nitrogen and oxygen atoms in total. The number of aliphatic imine (C=N–C) groups is 1. The van der Waals surface area contributed by atoms with Crippen LogP contribution < -0.4 is 10.6 Å². The third-order valence-corrected chi connectivity index (χ3v) is 4.90. The quantitative estimate of drug-likeness (QED) is 0.325. The summed E-state index contributed by atoms with van der Waals surface area (Å²) in [5, 5.41) is 15.1. The molecule has 0 unspecified atom stereocenters. The molecule has 0 aliphatic heterocycles. The van der Waals surface area contributed by atoms with E-state index in [0.717, 1.165) is 56.7 Å². The van der Waals surface area contributed by atoms with E-state index in [0.29, 0.717) is 5.92 Å². The second-order valence-electron chi connectivity index (χ2n) is 7.52. The minimum absolute atomic E-state index is 0. The number of aromatic nitrogens is 3. The minimum atomic E-state index is 0. The fourth-order valence-corrected chi connectivity index (χ4v) is 3.28. The average molecular weight is 476 g/mol. The van der Waals surface area contributed by atoms with Crippen LogP contribution in [0.15, 0.2) is 11.3 Å². The van der Waals surface area contributed by atoms with Crippen molar-refractivity contribution in [3.8, 4) is 0 Å². The van der Waals surface area contributed by atoms with Gasteiger partial charge in [-0.25, -0.2) is 0 Å². The molecule has 0 amide bonds. The summed E-state index contributed by atoms with van der Waals surface area (Å²) >= 11 is 0. The Morgan fingerprint density at radius 3 is 2.65 bits per heavy atom. The normalized spacial score (nSPS) is 15.8. The lowest BCUT2D eigenvalue weighted by atomic mass is 9.89. The van der Waals surface area contributed by atoms with E-state index in [9.17, 15) is 0 Å². The summed E-state index contributed by atoms with van der Waals surface area (Å²) in [6.07, 6.45) is 10.7. The summed E-state index contributed by atoms with van der Waals surface area (Å²) in [6, 6.07) is 0. The highest BCUT2D eigenvalue weighted by molar-refractivity contribution is 14.0. The molecule has 1 saturated carbocycles. The van der Waals surface area contributed by atoms with Crippen molar-refractivity contribution in [2.24, 2.45) is 16.8 Å². The maximum atomic E-state index is 4.86. The van der Waals surface area contributed by atoms with Crippen LogP contribution in [0.4, 0.5) is 0 Å². The SMILES string of the molecule is CCc1nncn1CCNC(=NCC1CCCCC1)NCCC(C)C.I. The monoisotopic (exact) mass is 476 g/mol. The molecular formula is C19H37IN6. The molecule has 1 heterocycles. The van der Waals surface area contributed by atoms with E-state index < -0.39 is 0 Å². The van der Waals surface area contributed by atoms with Crippen molar-refractivity contribution < 1.29 is 0 Å². The number of guanidine groups is 1. The van der Waals surface area contributed by atoms with Gasteiger partial charge in [-0.15, -0.1) is 34.2 Å². The summed E-state index contributed by atoms with van der Waals surface area (Å²) in [4.78, 5) is 4.86. The molecule has 1 aliphatic rings. The molecule has 0 radical (unpaired) electrons. The average Bonchev–Trinajstić information content (AvgIpc) is 3.07. The Morgan fingerprint density at radius 1 is 1.23 bits per heavy atom. The Morgan fingerprint density at radius 2 is 1.96 bits per heavy atom. The molecule has 2 rings (SSSR count). The number of hydrogen-bond donors (Lipinski definition) is 2. The molecule has 26 heavy (non-hydrogen) atoms. The van der Waals surface area contributed by atoms with Gasteiger partial charge in [0.1, 0.15) is 12.2 Å². The van der Waals surface area contributed by atoms with Crippen molar-refractivity contribution >= 4 is 29.9 Å². The Bertz CT molecular complexity index is 508. The van der Waals surface area contributed by atoms with Gasteiger partial charge >= 0.3 is 0 Å². The highest BCUT2D eigenvalue weighted by atomic mass is 127. The van der Waals surface area contributed by atoms with Gasteiger partial charge in [0.15, 0.2) is 5.96 Å². The molecular weight excluding hydrogens is 439 g/mol. The third kappa shape index (κ3) is 8.68. The molecule has 0 spiro atoms. The molecule has 0 saturated heterocycles. The number of nitrogens with one attached hydrogen (secondary N) is 2. The van der Waals surface area contributed by atoms with Crippen LogP contribution >= 0.6 is 24.0 Å². The van der Waals surface area contributed by atoms with Gasteiger partial charge in [-0.05, 0) is 31.1 Å². The third-order valence-electron chi connectivity index (χ3n) is 4.90. The first-order valence-electron chi connectivity index (χ1n) is 10.1. The number of halogens is 1. The minimum Gasteiger partial charge on any atom is -0.356 e. The van der Waals surface area contributed by atoms with E-state index in [1.54, 1.807) is 0 Å². The van der Waals surface area contributed by atoms with E-state index in [2.05, 4.69) is 46.2 Å². The van der Waals surface area contributed by atoms with Crippen molar-refractivity contribution in [1.29, 1.82) is 0 Å². The molecule has 0 bridgehead atoms. The number of nitrogens with zero attached hydrogens (tertiary/aromatic N) is 4. The molecule has 0 atom stereocenters. The fourth-order valence-electron chi connectivity index (χ4n) is 3.28. The molecule has 1 fully saturated rings. The lowest BCUT2D eigenvalue weighted by Crippen LogP contribution is -2.40. The van der Waals surface area contributed by atoms with E-state index >= 15 is 0 Å². The maximum Gasteiger partial charge on any atom is 0.191 e. The van der Waals surface area contributed by atoms with E-state index in [-0.39, 0.29) is 24.0 Å². The van der Waals surface area contributed by atoms with Crippen molar-refractivity contribution in [1.82, 2.24) is 25.4 Å². The molecule has 1 aromatic heterocycles. The molecule has 7 heteroatoms. The van der Waals surface area contributed by atoms with Crippen LogP contribution in [0.1, 0.15) is 65.1 Å². The Hall–Kier alpha value is -0.860. The lowest BCUT2D eigenvalue weighted by molar-refractivity contribution is 0.366. The molecule has 150 valence electrons. The summed E-state index contributed by atoms with van der Waals surface area (Å²) in [5.74, 6) is 3.46. The second-order valence-corrected chi connectivity index (χ2v) is 7.52. The molecule has 1 aromatic rings. The second kappa shape index (κ2) is 13.3. The first-order chi connectivity index (χ1) is 12.2. The Kier molecular flexibility index (Phi) is 11.9. The van der Waals surface area contributed by atoms with Crippen molar-refractivity contribution in [2.45, 2.75) is 72.3 Å². The van der Waals surface area contributed by atoms with Crippen LogP contribution in [0, 0.1) is 11.8 Å². The van der Waals surface area contributed by atoms with Gasteiger partial charge in [0.05, 0.1) is 0 Å². The zero-order valence-electron chi connectivity index (χ0n) is 16.7. The summed E-state index contributed by atoms with van der Waals surface area (Å²) in [6.45, 7) is 10.2. The van der Waals surface area contributed by atoms with E-state index in [1.165, 1.54) is 32.1 Å². The van der Waals surface area contributed by atoms with Crippen molar-refractivity contribution in [3.63, 3.8) is 0 Å². The van der Waals surface area contributed by atoms with Crippen molar-refractivity contribution in [2.75, 3.05) is 19.6 Å². The van der Waals surface area contributed by atoms with Crippen LogP contribution in [0.3, 0.4) is 0 Å². The van der Waals surface area contributed by atoms with Gasteiger partial charge < -0.3 is 15.2 Å². The molecule has 0 aromatic carbocycles. The zero-order valence-corrected chi connectivity index (χ0v) is 19.0. The first-order valence-corrected chi connectivity index (χ1v) is 10.1. The van der Waals surface area contributed by atoms with Gasteiger partial charge in [0.25, 0.3) is 0 Å². The predicted octanol–water partition coefficient (Wildman–Crippen LogP) is 3.62. The standard InChI is InChI=1S/C19H36N6.HI/c1-4-18-24-23-15-25(18)13-12-21-19(20-11-10-16(2)3)22-14-17-8-6-5-7-9-17;/h15-17H,4-14H2,1-3H3,(H2,20,21,22);1H. The summed E-state index contributed by atoms with van der Waals surface area (Å²) in [7, 11) is 0. The maximum absolute atomic E-state index is 4.86.